The third-order valence-electron chi connectivity index (χ3n) is 4.85. The van der Waals surface area contributed by atoms with Crippen LogP contribution in [0.2, 0.25) is 5.02 Å². The molecule has 2 aromatic rings. The molecular formula is C21H30ClIN6O. The Labute approximate surface area is 200 Å². The number of guanidine groups is 1. The highest BCUT2D eigenvalue weighted by molar-refractivity contribution is 14.0. The van der Waals surface area contributed by atoms with Gasteiger partial charge in [0.15, 0.2) is 5.96 Å². The quantitative estimate of drug-likeness (QED) is 0.239. The highest BCUT2D eigenvalue weighted by Crippen LogP contribution is 2.18. The zero-order valence-corrected chi connectivity index (χ0v) is 20.6. The predicted octanol–water partition coefficient (Wildman–Crippen LogP) is 3.76. The van der Waals surface area contributed by atoms with Crippen LogP contribution in [0.4, 0.5) is 0 Å². The van der Waals surface area contributed by atoms with Crippen LogP contribution in [0, 0.1) is 0 Å². The van der Waals surface area contributed by atoms with Crippen LogP contribution < -0.4 is 10.6 Å². The number of benzene rings is 1. The van der Waals surface area contributed by atoms with Crippen molar-refractivity contribution in [2.24, 2.45) is 4.99 Å². The van der Waals surface area contributed by atoms with E-state index in [1.807, 2.05) is 24.3 Å². The maximum Gasteiger partial charge on any atom is 0.228 e. The van der Waals surface area contributed by atoms with Crippen molar-refractivity contribution in [3.05, 3.63) is 47.3 Å². The molecule has 2 heterocycles. The first kappa shape index (κ1) is 24.6. The van der Waals surface area contributed by atoms with Crippen molar-refractivity contribution in [1.82, 2.24) is 25.7 Å². The van der Waals surface area contributed by atoms with E-state index in [4.69, 9.17) is 16.1 Å². The van der Waals surface area contributed by atoms with E-state index in [1.54, 1.807) is 7.05 Å². The number of aliphatic imine (C=N–C) groups is 1. The van der Waals surface area contributed by atoms with Gasteiger partial charge in [-0.1, -0.05) is 28.9 Å². The third kappa shape index (κ3) is 7.55. The normalized spacial score (nSPS) is 15.5. The average molecular weight is 545 g/mol. The van der Waals surface area contributed by atoms with Crippen molar-refractivity contribution in [2.75, 3.05) is 33.2 Å². The van der Waals surface area contributed by atoms with Crippen molar-refractivity contribution in [2.45, 2.75) is 32.2 Å². The number of nitrogens with zero attached hydrogens (tertiary/aromatic N) is 4. The maximum absolute atomic E-state index is 5.92. The van der Waals surface area contributed by atoms with Gasteiger partial charge in [-0.15, -0.1) is 24.0 Å². The summed E-state index contributed by atoms with van der Waals surface area (Å²) in [7, 11) is 1.79. The lowest BCUT2D eigenvalue weighted by Crippen LogP contribution is -2.49. The average Bonchev–Trinajstić information content (AvgIpc) is 3.17. The van der Waals surface area contributed by atoms with Crippen molar-refractivity contribution in [1.29, 1.82) is 0 Å². The van der Waals surface area contributed by atoms with Gasteiger partial charge >= 0.3 is 0 Å². The molecule has 0 aliphatic carbocycles. The largest absolute Gasteiger partial charge is 0.356 e. The molecule has 0 unspecified atom stereocenters. The Morgan fingerprint density at radius 2 is 2.00 bits per heavy atom. The number of piperidine rings is 1. The fourth-order valence-corrected chi connectivity index (χ4v) is 3.49. The SMILES string of the molecule is C=C(C)CN1CCC(NC(=NC)NCCc2nc(-c3ccc(Cl)cc3)no2)CC1.I. The lowest BCUT2D eigenvalue weighted by molar-refractivity contribution is 0.221. The van der Waals surface area contributed by atoms with Gasteiger partial charge in [0.25, 0.3) is 0 Å². The Kier molecular flexibility index (Phi) is 10.1. The molecule has 1 aromatic heterocycles. The summed E-state index contributed by atoms with van der Waals surface area (Å²) >= 11 is 5.92. The number of hydrogen-bond donors (Lipinski definition) is 2. The fourth-order valence-electron chi connectivity index (χ4n) is 3.37. The van der Waals surface area contributed by atoms with E-state index in [0.717, 1.165) is 44.0 Å². The molecule has 30 heavy (non-hydrogen) atoms. The monoisotopic (exact) mass is 544 g/mol. The molecule has 0 amide bonds. The molecule has 9 heteroatoms. The molecule has 1 aliphatic rings. The van der Waals surface area contributed by atoms with E-state index in [2.05, 4.69) is 44.2 Å². The molecule has 3 rings (SSSR count). The molecule has 0 atom stereocenters. The standard InChI is InChI=1S/C21H29ClN6O.HI/c1-15(2)14-28-12-9-18(10-13-28)25-21(23-3)24-11-8-19-26-20(27-29-19)16-4-6-17(22)7-5-16;/h4-7,18H,1,8-14H2,2-3H3,(H2,23,24,25);1H. The Morgan fingerprint density at radius 1 is 1.30 bits per heavy atom. The van der Waals surface area contributed by atoms with Crippen LogP contribution >= 0.6 is 35.6 Å². The number of halogens is 2. The van der Waals surface area contributed by atoms with Gasteiger partial charge in [0.05, 0.1) is 0 Å². The van der Waals surface area contributed by atoms with E-state index in [0.29, 0.717) is 35.7 Å². The van der Waals surface area contributed by atoms with Gasteiger partial charge in [-0.2, -0.15) is 4.98 Å². The second-order valence-corrected chi connectivity index (χ2v) is 7.86. The lowest BCUT2D eigenvalue weighted by Gasteiger charge is -2.33. The predicted molar refractivity (Wildman–Crippen MR) is 133 cm³/mol. The summed E-state index contributed by atoms with van der Waals surface area (Å²) in [5, 5.41) is 11.6. The van der Waals surface area contributed by atoms with Crippen LogP contribution in [0.3, 0.4) is 0 Å². The molecule has 2 N–H and O–H groups in total. The molecule has 1 saturated heterocycles. The summed E-state index contributed by atoms with van der Waals surface area (Å²) in [6, 6.07) is 7.81. The number of rotatable bonds is 7. The molecule has 0 bridgehead atoms. The van der Waals surface area contributed by atoms with E-state index < -0.39 is 0 Å². The molecule has 1 aliphatic heterocycles. The van der Waals surface area contributed by atoms with E-state index >= 15 is 0 Å². The zero-order valence-electron chi connectivity index (χ0n) is 17.5. The summed E-state index contributed by atoms with van der Waals surface area (Å²) < 4.78 is 5.35. The van der Waals surface area contributed by atoms with Crippen LogP contribution in [0.15, 0.2) is 45.9 Å². The Bertz CT molecular complexity index is 830. The second-order valence-electron chi connectivity index (χ2n) is 7.42. The van der Waals surface area contributed by atoms with Crippen LogP contribution in [0.25, 0.3) is 11.4 Å². The van der Waals surface area contributed by atoms with Crippen LogP contribution in [-0.4, -0.2) is 60.3 Å². The molecule has 164 valence electrons. The van der Waals surface area contributed by atoms with Crippen molar-refractivity contribution < 1.29 is 4.52 Å². The third-order valence-corrected chi connectivity index (χ3v) is 5.10. The van der Waals surface area contributed by atoms with Crippen LogP contribution in [0.5, 0.6) is 0 Å². The summed E-state index contributed by atoms with van der Waals surface area (Å²) in [4.78, 5) is 11.2. The van der Waals surface area contributed by atoms with Gasteiger partial charge < -0.3 is 15.2 Å². The number of nitrogens with one attached hydrogen (secondary N) is 2. The van der Waals surface area contributed by atoms with Gasteiger partial charge in [-0.25, -0.2) is 0 Å². The summed E-state index contributed by atoms with van der Waals surface area (Å²) in [6.07, 6.45) is 2.82. The highest BCUT2D eigenvalue weighted by Gasteiger charge is 2.19. The molecule has 1 aromatic carbocycles. The molecule has 7 nitrogen and oxygen atoms in total. The maximum atomic E-state index is 5.92. The summed E-state index contributed by atoms with van der Waals surface area (Å²) in [6.45, 7) is 9.89. The van der Waals surface area contributed by atoms with Gasteiger partial charge in [0.1, 0.15) is 0 Å². The van der Waals surface area contributed by atoms with Crippen molar-refractivity contribution in [3.63, 3.8) is 0 Å². The first-order valence-corrected chi connectivity index (χ1v) is 10.3. The molecule has 0 saturated carbocycles. The Balaban J connectivity index is 0.00000320. The number of hydrogen-bond acceptors (Lipinski definition) is 5. The fraction of sp³-hybridized carbons (Fsp3) is 0.476. The van der Waals surface area contributed by atoms with Gasteiger partial charge in [0.2, 0.25) is 11.7 Å². The van der Waals surface area contributed by atoms with Crippen LogP contribution in [-0.2, 0) is 6.42 Å². The van der Waals surface area contributed by atoms with Gasteiger partial charge in [-0.05, 0) is 44.0 Å². The van der Waals surface area contributed by atoms with Crippen LogP contribution in [0.1, 0.15) is 25.7 Å². The number of aromatic nitrogens is 2. The molecule has 0 radical (unpaired) electrons. The smallest absolute Gasteiger partial charge is 0.228 e. The Hall–Kier alpha value is -1.65. The molecule has 0 spiro atoms. The lowest BCUT2D eigenvalue weighted by atomic mass is 10.0. The minimum absolute atomic E-state index is 0. The second kappa shape index (κ2) is 12.3. The van der Waals surface area contributed by atoms with Crippen molar-refractivity contribution >= 4 is 41.5 Å². The first-order chi connectivity index (χ1) is 14.0. The minimum Gasteiger partial charge on any atom is -0.356 e. The first-order valence-electron chi connectivity index (χ1n) is 9.96. The topological polar surface area (TPSA) is 78.6 Å². The zero-order chi connectivity index (χ0) is 20.6. The van der Waals surface area contributed by atoms with E-state index in [9.17, 15) is 0 Å². The minimum atomic E-state index is 0. The van der Waals surface area contributed by atoms with Gasteiger partial charge in [-0.3, -0.25) is 9.89 Å². The van der Waals surface area contributed by atoms with E-state index in [1.165, 1.54) is 5.57 Å². The van der Waals surface area contributed by atoms with Crippen molar-refractivity contribution in [3.8, 4) is 11.4 Å². The summed E-state index contributed by atoms with van der Waals surface area (Å²) in [5.74, 6) is 1.97. The molecule has 1 fully saturated rings. The van der Waals surface area contributed by atoms with E-state index in [-0.39, 0.29) is 24.0 Å². The molecular weight excluding hydrogens is 515 g/mol. The van der Waals surface area contributed by atoms with Gasteiger partial charge in [0, 0.05) is 56.3 Å². The highest BCUT2D eigenvalue weighted by atomic mass is 127. The number of likely N-dealkylation sites (tertiary alicyclic amines) is 1. The Morgan fingerprint density at radius 3 is 2.63 bits per heavy atom. The summed E-state index contributed by atoms with van der Waals surface area (Å²) in [5.41, 5.74) is 2.10.